The average Bonchev–Trinajstić information content (AvgIpc) is 2.50. The molecule has 1 saturated heterocycles. The lowest BCUT2D eigenvalue weighted by Gasteiger charge is -2.56. The molecule has 2 aromatic carbocycles. The molecule has 0 spiro atoms. The fourth-order valence-corrected chi connectivity index (χ4v) is 4.16. The number of hydrogen-bond acceptors (Lipinski definition) is 2. The van der Waals surface area contributed by atoms with Gasteiger partial charge in [-0.3, -0.25) is 4.90 Å². The van der Waals surface area contributed by atoms with Crippen LogP contribution < -0.4 is 15.0 Å². The van der Waals surface area contributed by atoms with Gasteiger partial charge in [0, 0.05) is 22.2 Å². The predicted octanol–water partition coefficient (Wildman–Crippen LogP) is 4.52. The Hall–Kier alpha value is -1.78. The summed E-state index contributed by atoms with van der Waals surface area (Å²) in [5.41, 5.74) is 1.53. The largest absolute Gasteiger partial charge is 0.467 e. The number of anilines is 1. The molecule has 0 amide bonds. The highest BCUT2D eigenvalue weighted by molar-refractivity contribution is 7.80. The van der Waals surface area contributed by atoms with Crippen LogP contribution in [0.25, 0.3) is 0 Å². The zero-order chi connectivity index (χ0) is 16.2. The van der Waals surface area contributed by atoms with Crippen molar-refractivity contribution in [3.8, 4) is 5.75 Å². The van der Waals surface area contributed by atoms with Gasteiger partial charge in [-0.25, -0.2) is 0 Å². The van der Waals surface area contributed by atoms with E-state index in [1.165, 1.54) is 0 Å². The van der Waals surface area contributed by atoms with Gasteiger partial charge in [-0.1, -0.05) is 42.8 Å². The zero-order valence-corrected chi connectivity index (χ0v) is 14.5. The molecule has 0 aliphatic carbocycles. The second kappa shape index (κ2) is 5.11. The fraction of sp³-hybridized carbons (Fsp3) is 0.278. The van der Waals surface area contributed by atoms with Gasteiger partial charge in [0.05, 0.1) is 6.04 Å². The van der Waals surface area contributed by atoms with Crippen LogP contribution in [0.2, 0.25) is 5.02 Å². The summed E-state index contributed by atoms with van der Waals surface area (Å²) in [6.07, 6.45) is 0. The van der Waals surface area contributed by atoms with E-state index >= 15 is 0 Å². The van der Waals surface area contributed by atoms with Crippen molar-refractivity contribution in [2.45, 2.75) is 25.6 Å². The number of ether oxygens (including phenoxy) is 1. The molecule has 4 rings (SSSR count). The van der Waals surface area contributed by atoms with Crippen LogP contribution in [0.1, 0.15) is 25.5 Å². The van der Waals surface area contributed by atoms with E-state index in [4.69, 9.17) is 28.6 Å². The Morgan fingerprint density at radius 1 is 1.22 bits per heavy atom. The monoisotopic (exact) mass is 344 g/mol. The van der Waals surface area contributed by atoms with Gasteiger partial charge in [0.2, 0.25) is 0 Å². The van der Waals surface area contributed by atoms with Crippen molar-refractivity contribution >= 4 is 34.6 Å². The van der Waals surface area contributed by atoms with Crippen molar-refractivity contribution in [2.75, 3.05) is 4.90 Å². The van der Waals surface area contributed by atoms with Gasteiger partial charge in [-0.05, 0) is 43.4 Å². The molecule has 0 aromatic heterocycles. The molecular formula is C18H17ClN2OS. The first-order valence-electron chi connectivity index (χ1n) is 7.65. The van der Waals surface area contributed by atoms with Crippen LogP contribution in [0.3, 0.4) is 0 Å². The minimum absolute atomic E-state index is 0.146. The standard InChI is InChI=1S/C18H17ClN2OS/c1-11-16-14-8-3-4-9-15(14)22-18(11,2)21(17(23)20-16)13-7-5-6-12(19)10-13/h3-11,16H,1-2H3,(H,20,23)/t11-,16+,18-/m0/s1. The molecule has 3 nitrogen and oxygen atoms in total. The SMILES string of the molecule is C[C@H]1[C@H]2NC(=S)N(c3cccc(Cl)c3)[C@@]1(C)Oc1ccccc12. The maximum absolute atomic E-state index is 6.44. The van der Waals surface area contributed by atoms with Crippen molar-refractivity contribution in [3.63, 3.8) is 0 Å². The van der Waals surface area contributed by atoms with Crippen LogP contribution in [0, 0.1) is 5.92 Å². The topological polar surface area (TPSA) is 24.5 Å². The Balaban J connectivity index is 1.87. The molecule has 2 bridgehead atoms. The summed E-state index contributed by atoms with van der Waals surface area (Å²) in [4.78, 5) is 2.03. The number of nitrogens with one attached hydrogen (secondary N) is 1. The smallest absolute Gasteiger partial charge is 0.190 e. The maximum atomic E-state index is 6.44. The lowest BCUT2D eigenvalue weighted by Crippen LogP contribution is -2.69. The maximum Gasteiger partial charge on any atom is 0.190 e. The lowest BCUT2D eigenvalue weighted by molar-refractivity contribution is -0.00316. The van der Waals surface area contributed by atoms with Crippen LogP contribution in [0.4, 0.5) is 5.69 Å². The van der Waals surface area contributed by atoms with E-state index in [1.807, 2.05) is 47.4 Å². The number of fused-ring (bicyclic) bond motifs is 4. The Labute approximate surface area is 146 Å². The lowest BCUT2D eigenvalue weighted by atomic mass is 9.81. The summed E-state index contributed by atoms with van der Waals surface area (Å²) in [7, 11) is 0. The van der Waals surface area contributed by atoms with Crippen molar-refractivity contribution in [1.29, 1.82) is 0 Å². The minimum atomic E-state index is -0.563. The van der Waals surface area contributed by atoms with E-state index in [1.54, 1.807) is 0 Å². The molecule has 118 valence electrons. The van der Waals surface area contributed by atoms with Gasteiger partial charge in [0.1, 0.15) is 5.75 Å². The number of benzene rings is 2. The number of halogens is 1. The first kappa shape index (κ1) is 14.8. The predicted molar refractivity (Wildman–Crippen MR) is 97.0 cm³/mol. The summed E-state index contributed by atoms with van der Waals surface area (Å²) in [6, 6.07) is 16.0. The molecule has 2 aliphatic rings. The van der Waals surface area contributed by atoms with Gasteiger partial charge in [-0.2, -0.15) is 0 Å². The molecule has 2 aliphatic heterocycles. The van der Waals surface area contributed by atoms with Crippen LogP contribution in [-0.2, 0) is 0 Å². The van der Waals surface area contributed by atoms with Gasteiger partial charge < -0.3 is 10.1 Å². The molecule has 1 fully saturated rings. The van der Waals surface area contributed by atoms with Crippen molar-refractivity contribution in [1.82, 2.24) is 5.32 Å². The number of thiocarbonyl (C=S) groups is 1. The first-order chi connectivity index (χ1) is 11.0. The number of para-hydroxylation sites is 1. The minimum Gasteiger partial charge on any atom is -0.467 e. The Kier molecular flexibility index (Phi) is 3.29. The molecule has 23 heavy (non-hydrogen) atoms. The quantitative estimate of drug-likeness (QED) is 0.769. The highest BCUT2D eigenvalue weighted by atomic mass is 35.5. The average molecular weight is 345 g/mol. The molecule has 1 N–H and O–H groups in total. The summed E-state index contributed by atoms with van der Waals surface area (Å²) in [5, 5.41) is 4.82. The van der Waals surface area contributed by atoms with Crippen LogP contribution in [0.5, 0.6) is 5.75 Å². The van der Waals surface area contributed by atoms with E-state index in [0.29, 0.717) is 10.1 Å². The zero-order valence-electron chi connectivity index (χ0n) is 12.9. The van der Waals surface area contributed by atoms with Gasteiger partial charge in [-0.15, -0.1) is 0 Å². The highest BCUT2D eigenvalue weighted by Gasteiger charge is 2.53. The van der Waals surface area contributed by atoms with Crippen LogP contribution in [0.15, 0.2) is 48.5 Å². The van der Waals surface area contributed by atoms with Gasteiger partial charge >= 0.3 is 0 Å². The molecule has 0 unspecified atom stereocenters. The highest BCUT2D eigenvalue weighted by Crippen LogP contribution is 2.49. The number of hydrogen-bond donors (Lipinski definition) is 1. The molecule has 2 aromatic rings. The Morgan fingerprint density at radius 2 is 2.00 bits per heavy atom. The van der Waals surface area contributed by atoms with Crippen LogP contribution >= 0.6 is 23.8 Å². The van der Waals surface area contributed by atoms with E-state index in [9.17, 15) is 0 Å². The first-order valence-corrected chi connectivity index (χ1v) is 8.43. The second-order valence-corrected chi connectivity index (χ2v) is 7.05. The molecule has 0 radical (unpaired) electrons. The molecule has 5 heteroatoms. The van der Waals surface area contributed by atoms with Gasteiger partial charge in [0.15, 0.2) is 10.8 Å². The summed E-state index contributed by atoms with van der Waals surface area (Å²) < 4.78 is 6.44. The van der Waals surface area contributed by atoms with E-state index in [-0.39, 0.29) is 12.0 Å². The molecule has 0 saturated carbocycles. The third-order valence-electron chi connectivity index (χ3n) is 4.91. The fourth-order valence-electron chi connectivity index (χ4n) is 3.56. The molecule has 3 atom stereocenters. The van der Waals surface area contributed by atoms with Crippen molar-refractivity contribution in [2.24, 2.45) is 5.92 Å². The Bertz CT molecular complexity index is 796. The summed E-state index contributed by atoms with van der Waals surface area (Å²) >= 11 is 11.8. The van der Waals surface area contributed by atoms with Crippen molar-refractivity contribution < 1.29 is 4.74 Å². The molecular weight excluding hydrogens is 328 g/mol. The second-order valence-electron chi connectivity index (χ2n) is 6.23. The number of rotatable bonds is 1. The van der Waals surface area contributed by atoms with E-state index in [0.717, 1.165) is 17.0 Å². The third-order valence-corrected chi connectivity index (χ3v) is 5.44. The Morgan fingerprint density at radius 3 is 2.78 bits per heavy atom. The van der Waals surface area contributed by atoms with Gasteiger partial charge in [0.25, 0.3) is 0 Å². The summed E-state index contributed by atoms with van der Waals surface area (Å²) in [6.45, 7) is 4.28. The van der Waals surface area contributed by atoms with E-state index in [2.05, 4.69) is 25.2 Å². The summed E-state index contributed by atoms with van der Waals surface area (Å²) in [5.74, 6) is 1.11. The van der Waals surface area contributed by atoms with Crippen LogP contribution in [-0.4, -0.2) is 10.8 Å². The van der Waals surface area contributed by atoms with E-state index < -0.39 is 5.72 Å². The normalized spacial score (nSPS) is 28.7. The molecule has 2 heterocycles. The van der Waals surface area contributed by atoms with Crippen molar-refractivity contribution in [3.05, 3.63) is 59.1 Å². The number of nitrogens with zero attached hydrogens (tertiary/aromatic N) is 1. The third kappa shape index (κ3) is 2.12.